The van der Waals surface area contributed by atoms with E-state index in [1.165, 1.54) is 0 Å². The van der Waals surface area contributed by atoms with Crippen molar-refractivity contribution in [1.29, 1.82) is 10.5 Å². The molecule has 4 rings (SSSR count). The molecule has 1 aromatic heterocycles. The monoisotopic (exact) mass is 447 g/mol. The van der Waals surface area contributed by atoms with E-state index in [4.69, 9.17) is 15.5 Å². The maximum absolute atomic E-state index is 13.3. The molecule has 0 spiro atoms. The van der Waals surface area contributed by atoms with Gasteiger partial charge in [0.1, 0.15) is 5.82 Å². The molecule has 6 nitrogen and oxygen atoms in total. The molecule has 0 unspecified atom stereocenters. The minimum absolute atomic E-state index is 0.106. The highest BCUT2D eigenvalue weighted by Crippen LogP contribution is 2.20. The first-order valence-corrected chi connectivity index (χ1v) is 11.2. The molecule has 0 bridgehead atoms. The van der Waals surface area contributed by atoms with Crippen LogP contribution in [0.1, 0.15) is 39.3 Å². The summed E-state index contributed by atoms with van der Waals surface area (Å²) in [6.07, 6.45) is 1.85. The Kier molecular flexibility index (Phi) is 7.01. The molecular weight excluding hydrogens is 422 g/mol. The quantitative estimate of drug-likeness (QED) is 0.389. The molecule has 34 heavy (non-hydrogen) atoms. The van der Waals surface area contributed by atoms with Crippen molar-refractivity contribution in [1.82, 2.24) is 14.5 Å². The normalized spacial score (nSPS) is 10.6. The highest BCUT2D eigenvalue weighted by Gasteiger charge is 2.18. The maximum Gasteiger partial charge on any atom is 0.254 e. The molecule has 0 atom stereocenters. The Morgan fingerprint density at radius 1 is 0.971 bits per heavy atom. The number of rotatable bonds is 8. The lowest BCUT2D eigenvalue weighted by Crippen LogP contribution is -2.31. The number of benzene rings is 3. The second-order valence-electron chi connectivity index (χ2n) is 8.22. The Bertz CT molecular complexity index is 1370. The average Bonchev–Trinajstić information content (AvgIpc) is 3.20. The molecular formula is C28H25N5O. The largest absolute Gasteiger partial charge is 0.333 e. The second-order valence-corrected chi connectivity index (χ2v) is 8.22. The van der Waals surface area contributed by atoms with Crippen molar-refractivity contribution in [2.45, 2.75) is 25.8 Å². The summed E-state index contributed by atoms with van der Waals surface area (Å²) in [5.74, 6) is 0.834. The lowest BCUT2D eigenvalue weighted by Gasteiger charge is -2.22. The van der Waals surface area contributed by atoms with Gasteiger partial charge in [-0.05, 0) is 47.9 Å². The van der Waals surface area contributed by atoms with Crippen LogP contribution in [0.5, 0.6) is 0 Å². The number of aryl methyl sites for hydroxylation is 3. The molecule has 168 valence electrons. The Hall–Kier alpha value is -4.42. The predicted molar refractivity (Wildman–Crippen MR) is 131 cm³/mol. The lowest BCUT2D eigenvalue weighted by molar-refractivity contribution is 0.0747. The summed E-state index contributed by atoms with van der Waals surface area (Å²) in [4.78, 5) is 19.8. The zero-order chi connectivity index (χ0) is 23.9. The summed E-state index contributed by atoms with van der Waals surface area (Å²) in [5, 5.41) is 18.0. The molecule has 1 heterocycles. The number of carbonyl (C=O) groups is 1. The first-order valence-electron chi connectivity index (χ1n) is 11.2. The smallest absolute Gasteiger partial charge is 0.254 e. The molecule has 0 N–H and O–H groups in total. The number of fused-ring (bicyclic) bond motifs is 1. The van der Waals surface area contributed by atoms with Gasteiger partial charge in [0.05, 0.1) is 35.2 Å². The van der Waals surface area contributed by atoms with E-state index in [1.54, 1.807) is 4.90 Å². The fraction of sp³-hybridized carbons (Fsp3) is 0.214. The van der Waals surface area contributed by atoms with E-state index >= 15 is 0 Å². The molecule has 0 saturated heterocycles. The predicted octanol–water partition coefficient (Wildman–Crippen LogP) is 4.79. The summed E-state index contributed by atoms with van der Waals surface area (Å²) < 4.78 is 2.06. The minimum atomic E-state index is -0.106. The van der Waals surface area contributed by atoms with E-state index in [0.29, 0.717) is 24.2 Å². The van der Waals surface area contributed by atoms with Crippen LogP contribution in [-0.2, 0) is 26.4 Å². The summed E-state index contributed by atoms with van der Waals surface area (Å²) in [6, 6.07) is 27.3. The van der Waals surface area contributed by atoms with Crippen LogP contribution in [0.15, 0.2) is 72.8 Å². The van der Waals surface area contributed by atoms with Crippen molar-refractivity contribution >= 4 is 16.9 Å². The number of hydrogen-bond donors (Lipinski definition) is 0. The van der Waals surface area contributed by atoms with E-state index in [0.717, 1.165) is 40.8 Å². The van der Waals surface area contributed by atoms with E-state index < -0.39 is 0 Å². The summed E-state index contributed by atoms with van der Waals surface area (Å²) in [7, 11) is 1.99. The number of nitriles is 2. The highest BCUT2D eigenvalue weighted by atomic mass is 16.2. The fourth-order valence-corrected chi connectivity index (χ4v) is 4.03. The van der Waals surface area contributed by atoms with Crippen LogP contribution >= 0.6 is 0 Å². The summed E-state index contributed by atoms with van der Waals surface area (Å²) in [5.41, 5.74) is 5.15. The van der Waals surface area contributed by atoms with Crippen LogP contribution < -0.4 is 0 Å². The van der Waals surface area contributed by atoms with Crippen LogP contribution in [-0.4, -0.2) is 26.9 Å². The van der Waals surface area contributed by atoms with Crippen LogP contribution in [0.2, 0.25) is 0 Å². The third kappa shape index (κ3) is 5.14. The van der Waals surface area contributed by atoms with Crippen molar-refractivity contribution in [3.05, 3.63) is 101 Å². The third-order valence-electron chi connectivity index (χ3n) is 5.94. The van der Waals surface area contributed by atoms with Gasteiger partial charge in [0.2, 0.25) is 0 Å². The van der Waals surface area contributed by atoms with Crippen LogP contribution in [0.3, 0.4) is 0 Å². The number of amides is 1. The van der Waals surface area contributed by atoms with Crippen molar-refractivity contribution in [3.63, 3.8) is 0 Å². The van der Waals surface area contributed by atoms with Crippen molar-refractivity contribution in [2.75, 3.05) is 6.54 Å². The maximum atomic E-state index is 13.3. The molecule has 0 radical (unpaired) electrons. The molecule has 0 aliphatic rings. The molecule has 1 amide bonds. The number of nitrogens with zero attached hydrogens (tertiary/aromatic N) is 5. The molecule has 0 saturated carbocycles. The van der Waals surface area contributed by atoms with Gasteiger partial charge >= 0.3 is 0 Å². The number of carbonyl (C=O) groups excluding carboxylic acids is 1. The van der Waals surface area contributed by atoms with Crippen LogP contribution in [0.4, 0.5) is 0 Å². The minimum Gasteiger partial charge on any atom is -0.333 e. The van der Waals surface area contributed by atoms with E-state index in [2.05, 4.69) is 16.7 Å². The Morgan fingerprint density at radius 2 is 1.74 bits per heavy atom. The van der Waals surface area contributed by atoms with Gasteiger partial charge in [0.15, 0.2) is 0 Å². The SMILES string of the molecule is Cn1c(CCc2ccc(C#N)cc2)nc2cc(C(=O)N(CCC#N)Cc3ccccc3)ccc21. The fourth-order valence-electron chi connectivity index (χ4n) is 4.03. The van der Waals surface area contributed by atoms with E-state index in [9.17, 15) is 4.79 Å². The summed E-state index contributed by atoms with van der Waals surface area (Å²) in [6.45, 7) is 0.831. The van der Waals surface area contributed by atoms with E-state index in [-0.39, 0.29) is 12.3 Å². The molecule has 0 fully saturated rings. The van der Waals surface area contributed by atoms with Gasteiger partial charge in [0, 0.05) is 32.1 Å². The van der Waals surface area contributed by atoms with Crippen molar-refractivity contribution in [3.8, 4) is 12.1 Å². The zero-order valence-corrected chi connectivity index (χ0v) is 19.1. The molecule has 0 aliphatic carbocycles. The Labute approximate surface area is 199 Å². The lowest BCUT2D eigenvalue weighted by atomic mass is 10.1. The molecule has 0 aliphatic heterocycles. The first kappa shape index (κ1) is 22.8. The van der Waals surface area contributed by atoms with Crippen LogP contribution in [0, 0.1) is 22.7 Å². The van der Waals surface area contributed by atoms with Gasteiger partial charge < -0.3 is 9.47 Å². The van der Waals surface area contributed by atoms with Gasteiger partial charge in [-0.25, -0.2) is 4.98 Å². The first-order chi connectivity index (χ1) is 16.6. The standard InChI is InChI=1S/C28H25N5O/c1-32-26-14-13-24(28(34)33(17-5-16-29)20-23-6-3-2-4-7-23)18-25(26)31-27(32)15-12-21-8-10-22(19-30)11-9-21/h2-4,6-11,13-14,18H,5,12,15,17,20H2,1H3. The zero-order valence-electron chi connectivity index (χ0n) is 19.1. The summed E-state index contributed by atoms with van der Waals surface area (Å²) >= 11 is 0. The van der Waals surface area contributed by atoms with Crippen molar-refractivity contribution in [2.24, 2.45) is 7.05 Å². The Balaban J connectivity index is 1.53. The van der Waals surface area contributed by atoms with Crippen molar-refractivity contribution < 1.29 is 4.79 Å². The van der Waals surface area contributed by atoms with E-state index in [1.807, 2.05) is 79.8 Å². The third-order valence-corrected chi connectivity index (χ3v) is 5.94. The molecule has 6 heteroatoms. The van der Waals surface area contributed by atoms with Gasteiger partial charge in [-0.1, -0.05) is 42.5 Å². The Morgan fingerprint density at radius 3 is 2.44 bits per heavy atom. The molecule has 4 aromatic rings. The number of imidazole rings is 1. The molecule has 3 aromatic carbocycles. The van der Waals surface area contributed by atoms with Gasteiger partial charge in [-0.15, -0.1) is 0 Å². The van der Waals surface area contributed by atoms with Gasteiger partial charge in [-0.3, -0.25) is 4.79 Å². The second kappa shape index (κ2) is 10.5. The highest BCUT2D eigenvalue weighted by molar-refractivity contribution is 5.97. The number of aromatic nitrogens is 2. The topological polar surface area (TPSA) is 85.7 Å². The number of hydrogen-bond acceptors (Lipinski definition) is 4. The van der Waals surface area contributed by atoms with Gasteiger partial charge in [0.25, 0.3) is 5.91 Å². The van der Waals surface area contributed by atoms with Crippen LogP contribution in [0.25, 0.3) is 11.0 Å². The van der Waals surface area contributed by atoms with Gasteiger partial charge in [-0.2, -0.15) is 10.5 Å². The average molecular weight is 448 g/mol.